The highest BCUT2D eigenvalue weighted by Crippen LogP contribution is 2.29. The highest BCUT2D eigenvalue weighted by molar-refractivity contribution is 7.90. The monoisotopic (exact) mass is 377 g/mol. The van der Waals surface area contributed by atoms with E-state index in [2.05, 4.69) is 5.32 Å². The summed E-state index contributed by atoms with van der Waals surface area (Å²) in [6.07, 6.45) is 3.16. The number of anilines is 1. The van der Waals surface area contributed by atoms with Gasteiger partial charge in [0.2, 0.25) is 10.0 Å². The number of hydrogen-bond donors (Lipinski definition) is 1. The molecule has 0 unspecified atom stereocenters. The van der Waals surface area contributed by atoms with E-state index < -0.39 is 24.8 Å². The van der Waals surface area contributed by atoms with E-state index in [1.165, 1.54) is 16.4 Å². The number of nitro groups is 1. The lowest BCUT2D eigenvalue weighted by Crippen LogP contribution is -2.41. The van der Waals surface area contributed by atoms with Gasteiger partial charge in [-0.2, -0.15) is 0 Å². The lowest BCUT2D eigenvalue weighted by atomic mass is 10.1. The first kappa shape index (κ1) is 18.6. The maximum absolute atomic E-state index is 11.5. The van der Waals surface area contributed by atoms with Crippen molar-refractivity contribution in [1.82, 2.24) is 4.31 Å². The lowest BCUT2D eigenvalue weighted by molar-refractivity contribution is -0.384. The van der Waals surface area contributed by atoms with Crippen molar-refractivity contribution in [2.24, 2.45) is 0 Å². The minimum Gasteiger partial charge on any atom is -0.377 e. The number of nitrogens with one attached hydrogen (secondary N) is 1. The van der Waals surface area contributed by atoms with Crippen LogP contribution in [-0.4, -0.2) is 57.7 Å². The van der Waals surface area contributed by atoms with Crippen molar-refractivity contribution in [3.8, 4) is 0 Å². The Morgan fingerprint density at radius 2 is 1.75 bits per heavy atom. The van der Waals surface area contributed by atoms with Gasteiger partial charge in [-0.05, 0) is 25.0 Å². The minimum absolute atomic E-state index is 0.119. The van der Waals surface area contributed by atoms with Gasteiger partial charge in [-0.1, -0.05) is 0 Å². The van der Waals surface area contributed by atoms with Crippen molar-refractivity contribution in [3.05, 3.63) is 28.3 Å². The predicted octanol–water partition coefficient (Wildman–Crippen LogP) is 0.834. The van der Waals surface area contributed by atoms with Crippen molar-refractivity contribution in [1.29, 1.82) is 0 Å². The summed E-state index contributed by atoms with van der Waals surface area (Å²) in [6.45, 7) is 0.678. The molecule has 1 heterocycles. The Hall–Kier alpha value is -1.72. The number of sulfonamides is 1. The largest absolute Gasteiger partial charge is 0.377 e. The predicted molar refractivity (Wildman–Crippen MR) is 89.3 cm³/mol. The van der Waals surface area contributed by atoms with Crippen LogP contribution >= 0.6 is 0 Å². The summed E-state index contributed by atoms with van der Waals surface area (Å²) in [5.74, 6) is 0. The number of rotatable bonds is 5. The van der Waals surface area contributed by atoms with E-state index in [4.69, 9.17) is 0 Å². The van der Waals surface area contributed by atoms with Gasteiger partial charge in [-0.15, -0.1) is 0 Å². The first-order valence-electron chi connectivity index (χ1n) is 7.18. The molecule has 1 saturated heterocycles. The van der Waals surface area contributed by atoms with E-state index in [1.54, 1.807) is 0 Å². The van der Waals surface area contributed by atoms with Crippen LogP contribution in [0.15, 0.2) is 23.1 Å². The van der Waals surface area contributed by atoms with E-state index >= 15 is 0 Å². The van der Waals surface area contributed by atoms with Crippen molar-refractivity contribution in [2.45, 2.75) is 23.8 Å². The maximum Gasteiger partial charge on any atom is 0.293 e. The molecule has 1 N–H and O–H groups in total. The van der Waals surface area contributed by atoms with Crippen LogP contribution in [0.5, 0.6) is 0 Å². The van der Waals surface area contributed by atoms with Crippen LogP contribution in [0.3, 0.4) is 0 Å². The summed E-state index contributed by atoms with van der Waals surface area (Å²) in [4.78, 5) is 10.5. The molecule has 11 heteroatoms. The molecule has 0 radical (unpaired) electrons. The van der Waals surface area contributed by atoms with Crippen LogP contribution in [0.1, 0.15) is 12.8 Å². The molecule has 0 aliphatic carbocycles. The molecule has 0 amide bonds. The average Bonchev–Trinajstić information content (AvgIpc) is 2.46. The summed E-state index contributed by atoms with van der Waals surface area (Å²) in [6, 6.07) is 3.60. The van der Waals surface area contributed by atoms with Gasteiger partial charge in [0.15, 0.2) is 9.84 Å². The molecule has 0 aromatic heterocycles. The number of nitro benzene ring substituents is 1. The third-order valence-corrected chi connectivity index (χ3v) is 6.29. The van der Waals surface area contributed by atoms with E-state index in [1.807, 2.05) is 0 Å². The fourth-order valence-electron chi connectivity index (χ4n) is 2.57. The molecule has 1 aliphatic heterocycles. The highest BCUT2D eigenvalue weighted by atomic mass is 32.2. The second-order valence-electron chi connectivity index (χ2n) is 5.79. The van der Waals surface area contributed by atoms with Crippen LogP contribution in [0.25, 0.3) is 0 Å². The quantitative estimate of drug-likeness (QED) is 0.595. The Morgan fingerprint density at radius 3 is 2.21 bits per heavy atom. The Kier molecular flexibility index (Phi) is 5.16. The molecule has 1 fully saturated rings. The fourth-order valence-corrected chi connectivity index (χ4v) is 4.08. The second kappa shape index (κ2) is 6.65. The fraction of sp³-hybridized carbons (Fsp3) is 0.538. The molecule has 134 valence electrons. The van der Waals surface area contributed by atoms with E-state index in [0.717, 1.165) is 18.6 Å². The van der Waals surface area contributed by atoms with Gasteiger partial charge in [0.1, 0.15) is 5.69 Å². The average molecular weight is 377 g/mol. The normalized spacial score (nSPS) is 17.6. The molecule has 0 bridgehead atoms. The molecular formula is C13H19N3O6S2. The zero-order valence-electron chi connectivity index (χ0n) is 13.3. The summed E-state index contributed by atoms with van der Waals surface area (Å²) >= 11 is 0. The highest BCUT2D eigenvalue weighted by Gasteiger charge is 2.27. The van der Waals surface area contributed by atoms with Gasteiger partial charge in [-0.25, -0.2) is 21.1 Å². The third kappa shape index (κ3) is 4.42. The van der Waals surface area contributed by atoms with Crippen LogP contribution < -0.4 is 5.32 Å². The van der Waals surface area contributed by atoms with Crippen LogP contribution in [-0.2, 0) is 19.9 Å². The molecular weight excluding hydrogens is 358 g/mol. The first-order chi connectivity index (χ1) is 11.0. The van der Waals surface area contributed by atoms with Gasteiger partial charge in [-0.3, -0.25) is 10.1 Å². The van der Waals surface area contributed by atoms with Crippen LogP contribution in [0.4, 0.5) is 11.4 Å². The first-order valence-corrected chi connectivity index (χ1v) is 10.9. The molecule has 24 heavy (non-hydrogen) atoms. The minimum atomic E-state index is -3.54. The van der Waals surface area contributed by atoms with E-state index in [0.29, 0.717) is 25.9 Å². The van der Waals surface area contributed by atoms with Gasteiger partial charge in [0, 0.05) is 31.5 Å². The number of nitrogens with zero attached hydrogens (tertiary/aromatic N) is 2. The summed E-state index contributed by atoms with van der Waals surface area (Å²) in [7, 11) is -6.77. The summed E-state index contributed by atoms with van der Waals surface area (Å²) in [5.41, 5.74) is -0.0892. The molecule has 0 spiro atoms. The van der Waals surface area contributed by atoms with Crippen molar-refractivity contribution < 1.29 is 21.8 Å². The summed E-state index contributed by atoms with van der Waals surface area (Å²) in [5, 5.41) is 14.2. The molecule has 1 aromatic rings. The lowest BCUT2D eigenvalue weighted by Gasteiger charge is -2.31. The number of hydrogen-bond acceptors (Lipinski definition) is 7. The van der Waals surface area contributed by atoms with Gasteiger partial charge < -0.3 is 5.32 Å². The Labute approximate surface area is 140 Å². The number of sulfone groups is 1. The van der Waals surface area contributed by atoms with E-state index in [9.17, 15) is 26.9 Å². The smallest absolute Gasteiger partial charge is 0.293 e. The molecule has 9 nitrogen and oxygen atoms in total. The van der Waals surface area contributed by atoms with Crippen molar-refractivity contribution in [2.75, 3.05) is 30.9 Å². The number of benzene rings is 1. The maximum atomic E-state index is 11.5. The van der Waals surface area contributed by atoms with Gasteiger partial charge >= 0.3 is 0 Å². The Balaban J connectivity index is 2.18. The molecule has 1 aromatic carbocycles. The summed E-state index contributed by atoms with van der Waals surface area (Å²) < 4.78 is 47.4. The molecule has 0 atom stereocenters. The Morgan fingerprint density at radius 1 is 1.17 bits per heavy atom. The topological polar surface area (TPSA) is 127 Å². The van der Waals surface area contributed by atoms with Crippen molar-refractivity contribution >= 4 is 31.2 Å². The third-order valence-electron chi connectivity index (χ3n) is 3.88. The van der Waals surface area contributed by atoms with Crippen LogP contribution in [0.2, 0.25) is 0 Å². The zero-order valence-corrected chi connectivity index (χ0v) is 14.9. The second-order valence-corrected chi connectivity index (χ2v) is 9.79. The Bertz CT molecular complexity index is 842. The number of piperidine rings is 1. The molecule has 1 aliphatic rings. The van der Waals surface area contributed by atoms with Gasteiger partial charge in [0.25, 0.3) is 5.69 Å². The van der Waals surface area contributed by atoms with E-state index in [-0.39, 0.29) is 22.3 Å². The zero-order chi connectivity index (χ0) is 18.1. The van der Waals surface area contributed by atoms with Crippen molar-refractivity contribution in [3.63, 3.8) is 0 Å². The standard InChI is InChI=1S/C13H19N3O6S2/c1-23(19,20)11-3-4-12(13(9-11)16(17)18)14-10-5-7-15(8-6-10)24(2,21)22/h3-4,9-10,14H,5-8H2,1-2H3. The van der Waals surface area contributed by atoms with Gasteiger partial charge in [0.05, 0.1) is 16.1 Å². The van der Waals surface area contributed by atoms with Crippen LogP contribution in [0, 0.1) is 10.1 Å². The molecule has 0 saturated carbocycles. The SMILES string of the molecule is CS(=O)(=O)c1ccc(NC2CCN(S(C)(=O)=O)CC2)c([N+](=O)[O-])c1. The molecule has 2 rings (SSSR count).